The van der Waals surface area contributed by atoms with Gasteiger partial charge < -0.3 is 15.3 Å². The van der Waals surface area contributed by atoms with E-state index in [2.05, 4.69) is 0 Å². The highest BCUT2D eigenvalue weighted by Crippen LogP contribution is 2.17. The van der Waals surface area contributed by atoms with Crippen LogP contribution < -0.4 is 0 Å². The number of hydrogen-bond acceptors (Lipinski definition) is 4. The first-order valence-electron chi connectivity index (χ1n) is 6.23. The van der Waals surface area contributed by atoms with E-state index in [0.717, 1.165) is 6.08 Å². The normalized spacial score (nSPS) is 23.6. The molecular weight excluding hydrogens is 265 g/mol. The average Bonchev–Trinajstić information content (AvgIpc) is 2.65. The topological polar surface area (TPSA) is 81.0 Å². The zero-order valence-corrected chi connectivity index (χ0v) is 10.7. The maximum atomic E-state index is 13.5. The Morgan fingerprint density at radius 2 is 1.95 bits per heavy atom. The predicted molar refractivity (Wildman–Crippen MR) is 70.4 cm³/mol. The third-order valence-corrected chi connectivity index (χ3v) is 3.14. The fourth-order valence-electron chi connectivity index (χ4n) is 2.26. The molecule has 1 aliphatic heterocycles. The van der Waals surface area contributed by atoms with Crippen LogP contribution in [0.5, 0.6) is 0 Å². The Labute approximate surface area is 115 Å². The fraction of sp³-hybridized carbons (Fsp3) is 0.357. The number of nitrogens with zero attached hydrogens (tertiary/aromatic N) is 1. The SMILES string of the molecule is O=C(O)/C=C/c1cc(F)cc(CN2CC(O)C(O)C2)c1. The molecule has 2 atom stereocenters. The van der Waals surface area contributed by atoms with E-state index in [1.807, 2.05) is 4.90 Å². The Morgan fingerprint density at radius 3 is 2.55 bits per heavy atom. The summed E-state index contributed by atoms with van der Waals surface area (Å²) in [4.78, 5) is 12.3. The predicted octanol–water partition coefficient (Wildman–Crippen LogP) is 0.461. The molecule has 0 aromatic heterocycles. The number of hydrogen-bond donors (Lipinski definition) is 3. The number of carbonyl (C=O) groups is 1. The van der Waals surface area contributed by atoms with Gasteiger partial charge in [0.2, 0.25) is 0 Å². The number of likely N-dealkylation sites (tertiary alicyclic amines) is 1. The third kappa shape index (κ3) is 3.86. The van der Waals surface area contributed by atoms with E-state index in [0.29, 0.717) is 30.8 Å². The molecule has 1 heterocycles. The number of benzene rings is 1. The number of carboxylic acid groups (broad SMARTS) is 1. The van der Waals surface area contributed by atoms with Crippen molar-refractivity contribution in [1.29, 1.82) is 0 Å². The summed E-state index contributed by atoms with van der Waals surface area (Å²) in [5, 5.41) is 27.5. The van der Waals surface area contributed by atoms with Crippen molar-refractivity contribution in [3.63, 3.8) is 0 Å². The minimum Gasteiger partial charge on any atom is -0.478 e. The molecule has 1 saturated heterocycles. The second kappa shape index (κ2) is 6.13. The van der Waals surface area contributed by atoms with Crippen molar-refractivity contribution < 1.29 is 24.5 Å². The van der Waals surface area contributed by atoms with Crippen molar-refractivity contribution in [3.8, 4) is 0 Å². The van der Waals surface area contributed by atoms with Gasteiger partial charge in [0.25, 0.3) is 0 Å². The lowest BCUT2D eigenvalue weighted by molar-refractivity contribution is -0.131. The summed E-state index contributed by atoms with van der Waals surface area (Å²) in [6.07, 6.45) is 0.703. The Morgan fingerprint density at radius 1 is 1.30 bits per heavy atom. The van der Waals surface area contributed by atoms with Crippen LogP contribution >= 0.6 is 0 Å². The van der Waals surface area contributed by atoms with Crippen LogP contribution in [-0.2, 0) is 11.3 Å². The summed E-state index contributed by atoms with van der Waals surface area (Å²) in [6, 6.07) is 4.28. The first-order valence-corrected chi connectivity index (χ1v) is 6.23. The van der Waals surface area contributed by atoms with Gasteiger partial charge in [-0.15, -0.1) is 0 Å². The van der Waals surface area contributed by atoms with Crippen LogP contribution in [0.15, 0.2) is 24.3 Å². The van der Waals surface area contributed by atoms with E-state index >= 15 is 0 Å². The molecule has 1 aromatic rings. The summed E-state index contributed by atoms with van der Waals surface area (Å²) < 4.78 is 13.5. The van der Waals surface area contributed by atoms with Gasteiger partial charge >= 0.3 is 5.97 Å². The molecule has 1 aromatic carbocycles. The van der Waals surface area contributed by atoms with Gasteiger partial charge in [-0.25, -0.2) is 9.18 Å². The van der Waals surface area contributed by atoms with E-state index in [4.69, 9.17) is 5.11 Å². The maximum absolute atomic E-state index is 13.5. The van der Waals surface area contributed by atoms with Crippen LogP contribution in [0.4, 0.5) is 4.39 Å². The standard InChI is InChI=1S/C14H16FNO4/c15-11-4-9(1-2-14(19)20)3-10(5-11)6-16-7-12(17)13(18)8-16/h1-5,12-13,17-18H,6-8H2,(H,19,20)/b2-1+. The van der Waals surface area contributed by atoms with E-state index in [1.54, 1.807) is 6.07 Å². The first kappa shape index (κ1) is 14.6. The molecular formula is C14H16FNO4. The van der Waals surface area contributed by atoms with E-state index < -0.39 is 24.0 Å². The Balaban J connectivity index is 2.10. The summed E-state index contributed by atoms with van der Waals surface area (Å²) in [5.74, 6) is -1.55. The number of aliphatic hydroxyl groups excluding tert-OH is 2. The van der Waals surface area contributed by atoms with Crippen LogP contribution in [0, 0.1) is 5.82 Å². The zero-order chi connectivity index (χ0) is 14.7. The molecule has 0 spiro atoms. The van der Waals surface area contributed by atoms with Gasteiger partial charge in [0.05, 0.1) is 12.2 Å². The summed E-state index contributed by atoms with van der Waals surface area (Å²) in [7, 11) is 0. The highest BCUT2D eigenvalue weighted by atomic mass is 19.1. The summed E-state index contributed by atoms with van der Waals surface area (Å²) in [6.45, 7) is 1.05. The van der Waals surface area contributed by atoms with Gasteiger partial charge in [-0.1, -0.05) is 6.07 Å². The summed E-state index contributed by atoms with van der Waals surface area (Å²) >= 11 is 0. The van der Waals surface area contributed by atoms with Crippen LogP contribution in [0.2, 0.25) is 0 Å². The molecule has 2 rings (SSSR count). The molecule has 0 bridgehead atoms. The van der Waals surface area contributed by atoms with Crippen molar-refractivity contribution in [3.05, 3.63) is 41.2 Å². The van der Waals surface area contributed by atoms with Gasteiger partial charge in [-0.05, 0) is 29.3 Å². The molecule has 0 saturated carbocycles. The highest BCUT2D eigenvalue weighted by Gasteiger charge is 2.29. The van der Waals surface area contributed by atoms with E-state index in [1.165, 1.54) is 18.2 Å². The van der Waals surface area contributed by atoms with Crippen molar-refractivity contribution >= 4 is 12.0 Å². The van der Waals surface area contributed by atoms with Gasteiger partial charge in [0.1, 0.15) is 5.82 Å². The first-order chi connectivity index (χ1) is 9.44. The average molecular weight is 281 g/mol. The zero-order valence-electron chi connectivity index (χ0n) is 10.7. The lowest BCUT2D eigenvalue weighted by Crippen LogP contribution is -2.22. The molecule has 1 aliphatic rings. The van der Waals surface area contributed by atoms with Gasteiger partial charge in [-0.3, -0.25) is 4.90 Å². The minimum absolute atomic E-state index is 0.331. The Hall–Kier alpha value is -1.76. The van der Waals surface area contributed by atoms with Crippen molar-refractivity contribution in [2.75, 3.05) is 13.1 Å². The van der Waals surface area contributed by atoms with Crippen LogP contribution in [0.25, 0.3) is 6.08 Å². The minimum atomic E-state index is -1.10. The van der Waals surface area contributed by atoms with Crippen LogP contribution in [0.3, 0.4) is 0 Å². The lowest BCUT2D eigenvalue weighted by atomic mass is 10.1. The number of aliphatic carboxylic acids is 1. The molecule has 0 aliphatic carbocycles. The highest BCUT2D eigenvalue weighted by molar-refractivity contribution is 5.85. The molecule has 1 fully saturated rings. The van der Waals surface area contributed by atoms with E-state index in [9.17, 15) is 19.4 Å². The molecule has 0 amide bonds. The molecule has 5 nitrogen and oxygen atoms in total. The van der Waals surface area contributed by atoms with Crippen LogP contribution in [0.1, 0.15) is 11.1 Å². The largest absolute Gasteiger partial charge is 0.478 e. The Kier molecular flexibility index (Phi) is 4.49. The molecule has 108 valence electrons. The Bertz CT molecular complexity index is 522. The molecule has 20 heavy (non-hydrogen) atoms. The molecule has 6 heteroatoms. The fourth-order valence-corrected chi connectivity index (χ4v) is 2.26. The molecule has 0 radical (unpaired) electrons. The van der Waals surface area contributed by atoms with Crippen molar-refractivity contribution in [2.24, 2.45) is 0 Å². The van der Waals surface area contributed by atoms with Gasteiger partial charge in [0, 0.05) is 25.7 Å². The maximum Gasteiger partial charge on any atom is 0.328 e. The number of halogens is 1. The second-order valence-corrected chi connectivity index (χ2v) is 4.89. The van der Waals surface area contributed by atoms with E-state index in [-0.39, 0.29) is 0 Å². The smallest absolute Gasteiger partial charge is 0.328 e. The number of aliphatic hydroxyl groups is 2. The number of carboxylic acids is 1. The second-order valence-electron chi connectivity index (χ2n) is 4.89. The molecule has 3 N–H and O–H groups in total. The van der Waals surface area contributed by atoms with Gasteiger partial charge in [-0.2, -0.15) is 0 Å². The number of β-amino-alcohol motifs (C(OH)–C–C–N with tert-alkyl or cyclic N) is 2. The van der Waals surface area contributed by atoms with Crippen molar-refractivity contribution in [2.45, 2.75) is 18.8 Å². The number of rotatable bonds is 4. The third-order valence-electron chi connectivity index (χ3n) is 3.14. The molecule has 2 unspecified atom stereocenters. The van der Waals surface area contributed by atoms with Crippen molar-refractivity contribution in [1.82, 2.24) is 4.90 Å². The quantitative estimate of drug-likeness (QED) is 0.699. The summed E-state index contributed by atoms with van der Waals surface area (Å²) in [5.41, 5.74) is 1.12. The van der Waals surface area contributed by atoms with Crippen LogP contribution in [-0.4, -0.2) is 51.5 Å². The lowest BCUT2D eigenvalue weighted by Gasteiger charge is -2.15. The monoisotopic (exact) mass is 281 g/mol. The van der Waals surface area contributed by atoms with Gasteiger partial charge in [0.15, 0.2) is 0 Å².